The highest BCUT2D eigenvalue weighted by Gasteiger charge is 2.12. The number of pyridine rings is 1. The van der Waals surface area contributed by atoms with Crippen molar-refractivity contribution in [3.63, 3.8) is 0 Å². The average Bonchev–Trinajstić information content (AvgIpc) is 2.49. The molecule has 0 radical (unpaired) electrons. The second-order valence-electron chi connectivity index (χ2n) is 4.33. The third-order valence-corrected chi connectivity index (χ3v) is 2.99. The molecule has 0 aliphatic rings. The number of nitriles is 1. The van der Waals surface area contributed by atoms with Crippen molar-refractivity contribution in [3.8, 4) is 23.1 Å². The van der Waals surface area contributed by atoms with Crippen molar-refractivity contribution in [2.24, 2.45) is 5.73 Å². The second-order valence-corrected chi connectivity index (χ2v) is 4.33. The minimum atomic E-state index is -0.651. The summed E-state index contributed by atoms with van der Waals surface area (Å²) in [5.41, 5.74) is 5.84. The van der Waals surface area contributed by atoms with Gasteiger partial charge in [0.1, 0.15) is 23.9 Å². The number of rotatable bonds is 4. The largest absolute Gasteiger partial charge is 0.497 e. The van der Waals surface area contributed by atoms with E-state index in [0.717, 1.165) is 5.56 Å². The Kier molecular flexibility index (Phi) is 4.05. The first-order valence-electron chi connectivity index (χ1n) is 6.13. The standard InChI is InChI=1S/C15H13N3O3/c1-21-12-5-2-10(3-6-12)13-7-4-11(8-16)15(20)18(13)9-14(17)19/h2-7H,9H2,1H3,(H2,17,19). The maximum Gasteiger partial charge on any atom is 0.269 e. The van der Waals surface area contributed by atoms with Crippen LogP contribution in [0.4, 0.5) is 0 Å². The molecule has 1 amide bonds. The van der Waals surface area contributed by atoms with E-state index in [9.17, 15) is 9.59 Å². The van der Waals surface area contributed by atoms with Crippen LogP contribution in [0.1, 0.15) is 5.56 Å². The number of ether oxygens (including phenoxy) is 1. The van der Waals surface area contributed by atoms with Crippen molar-refractivity contribution >= 4 is 5.91 Å². The zero-order chi connectivity index (χ0) is 15.4. The smallest absolute Gasteiger partial charge is 0.269 e. The molecule has 0 unspecified atom stereocenters. The number of primary amides is 1. The molecule has 0 saturated heterocycles. The van der Waals surface area contributed by atoms with E-state index < -0.39 is 11.5 Å². The van der Waals surface area contributed by atoms with Crippen LogP contribution in [0, 0.1) is 11.3 Å². The first-order chi connectivity index (χ1) is 10.1. The van der Waals surface area contributed by atoms with Gasteiger partial charge >= 0.3 is 0 Å². The number of amides is 1. The molecule has 1 heterocycles. The van der Waals surface area contributed by atoms with Gasteiger partial charge in [-0.25, -0.2) is 0 Å². The third kappa shape index (κ3) is 2.92. The van der Waals surface area contributed by atoms with Crippen molar-refractivity contribution in [2.75, 3.05) is 7.11 Å². The van der Waals surface area contributed by atoms with Crippen molar-refractivity contribution in [2.45, 2.75) is 6.54 Å². The summed E-state index contributed by atoms with van der Waals surface area (Å²) >= 11 is 0. The van der Waals surface area contributed by atoms with Gasteiger partial charge in [0.15, 0.2) is 0 Å². The number of aromatic nitrogens is 1. The summed E-state index contributed by atoms with van der Waals surface area (Å²) in [7, 11) is 1.56. The van der Waals surface area contributed by atoms with E-state index in [1.807, 2.05) is 0 Å². The van der Waals surface area contributed by atoms with Gasteiger partial charge in [0.2, 0.25) is 5.91 Å². The van der Waals surface area contributed by atoms with E-state index >= 15 is 0 Å². The van der Waals surface area contributed by atoms with Gasteiger partial charge in [-0.15, -0.1) is 0 Å². The van der Waals surface area contributed by atoms with Crippen LogP contribution in [0.2, 0.25) is 0 Å². The molecule has 0 aliphatic heterocycles. The predicted molar refractivity (Wildman–Crippen MR) is 76.6 cm³/mol. The summed E-state index contributed by atoms with van der Waals surface area (Å²) in [6.45, 7) is -0.282. The molecule has 106 valence electrons. The van der Waals surface area contributed by atoms with Crippen LogP contribution in [-0.4, -0.2) is 17.6 Å². The van der Waals surface area contributed by atoms with Crippen molar-refractivity contribution in [1.29, 1.82) is 5.26 Å². The fourth-order valence-corrected chi connectivity index (χ4v) is 1.99. The fourth-order valence-electron chi connectivity index (χ4n) is 1.99. The summed E-state index contributed by atoms with van der Waals surface area (Å²) in [4.78, 5) is 23.3. The van der Waals surface area contributed by atoms with Crippen LogP contribution in [0.3, 0.4) is 0 Å². The summed E-state index contributed by atoms with van der Waals surface area (Å²) in [5, 5.41) is 8.91. The summed E-state index contributed by atoms with van der Waals surface area (Å²) in [5.74, 6) is 0.0261. The highest BCUT2D eigenvalue weighted by molar-refractivity contribution is 5.75. The molecule has 1 aromatic carbocycles. The zero-order valence-corrected chi connectivity index (χ0v) is 11.4. The fraction of sp³-hybridized carbons (Fsp3) is 0.133. The SMILES string of the molecule is COc1ccc(-c2ccc(C#N)c(=O)n2CC(N)=O)cc1. The quantitative estimate of drug-likeness (QED) is 0.900. The van der Waals surface area contributed by atoms with E-state index in [2.05, 4.69) is 0 Å². The number of benzene rings is 1. The van der Waals surface area contributed by atoms with E-state index in [1.54, 1.807) is 43.5 Å². The molecule has 0 fully saturated rings. The molecule has 0 aliphatic carbocycles. The Bertz CT molecular complexity index is 770. The molecule has 6 nitrogen and oxygen atoms in total. The van der Waals surface area contributed by atoms with Gasteiger partial charge in [-0.1, -0.05) is 0 Å². The molecule has 0 atom stereocenters. The topological polar surface area (TPSA) is 98.1 Å². The Hall–Kier alpha value is -3.07. The Morgan fingerprint density at radius 1 is 1.29 bits per heavy atom. The minimum absolute atomic E-state index is 0.0338. The van der Waals surface area contributed by atoms with Crippen LogP contribution < -0.4 is 16.0 Å². The number of carbonyl (C=O) groups excluding carboxylic acids is 1. The summed E-state index contributed by atoms with van der Waals surface area (Å²) in [6.07, 6.45) is 0. The Morgan fingerprint density at radius 2 is 1.95 bits per heavy atom. The van der Waals surface area contributed by atoms with Gasteiger partial charge in [-0.3, -0.25) is 14.2 Å². The lowest BCUT2D eigenvalue weighted by Crippen LogP contribution is -2.30. The molecule has 0 spiro atoms. The van der Waals surface area contributed by atoms with Crippen molar-refractivity contribution < 1.29 is 9.53 Å². The highest BCUT2D eigenvalue weighted by atomic mass is 16.5. The predicted octanol–water partition coefficient (Wildman–Crippen LogP) is 0.881. The molecule has 1 aromatic heterocycles. The third-order valence-electron chi connectivity index (χ3n) is 2.99. The van der Waals surface area contributed by atoms with E-state index in [1.165, 1.54) is 10.6 Å². The van der Waals surface area contributed by atoms with Gasteiger partial charge in [0.05, 0.1) is 12.8 Å². The molecule has 0 bridgehead atoms. The lowest BCUT2D eigenvalue weighted by molar-refractivity contribution is -0.118. The van der Waals surface area contributed by atoms with Crippen molar-refractivity contribution in [1.82, 2.24) is 4.57 Å². The maximum atomic E-state index is 12.2. The van der Waals surface area contributed by atoms with Crippen molar-refractivity contribution in [3.05, 3.63) is 52.3 Å². The average molecular weight is 283 g/mol. The number of hydrogen-bond donors (Lipinski definition) is 1. The first kappa shape index (κ1) is 14.3. The maximum absolute atomic E-state index is 12.2. The van der Waals surface area contributed by atoms with Gasteiger partial charge in [0.25, 0.3) is 5.56 Å². The number of hydrogen-bond acceptors (Lipinski definition) is 4. The molecule has 2 N–H and O–H groups in total. The second kappa shape index (κ2) is 5.92. The van der Waals surface area contributed by atoms with Gasteiger partial charge in [0, 0.05) is 0 Å². The summed E-state index contributed by atoms with van der Waals surface area (Å²) < 4.78 is 6.27. The van der Waals surface area contributed by atoms with Crippen LogP contribution >= 0.6 is 0 Å². The van der Waals surface area contributed by atoms with Crippen LogP contribution in [0.15, 0.2) is 41.2 Å². The van der Waals surface area contributed by atoms with Gasteiger partial charge < -0.3 is 10.5 Å². The highest BCUT2D eigenvalue weighted by Crippen LogP contribution is 2.21. The number of methoxy groups -OCH3 is 1. The Labute approximate surface area is 121 Å². The van der Waals surface area contributed by atoms with E-state index in [-0.39, 0.29) is 12.1 Å². The molecule has 2 aromatic rings. The molecular formula is C15H13N3O3. The van der Waals surface area contributed by atoms with E-state index in [0.29, 0.717) is 11.4 Å². The summed E-state index contributed by atoms with van der Waals surface area (Å²) in [6, 6.07) is 11.9. The number of carbonyl (C=O) groups is 1. The Morgan fingerprint density at radius 3 is 2.48 bits per heavy atom. The van der Waals surface area contributed by atoms with Crippen LogP contribution in [0.25, 0.3) is 11.3 Å². The lowest BCUT2D eigenvalue weighted by atomic mass is 10.1. The minimum Gasteiger partial charge on any atom is -0.497 e. The first-order valence-corrected chi connectivity index (χ1v) is 6.13. The Balaban J connectivity index is 2.61. The van der Waals surface area contributed by atoms with E-state index in [4.69, 9.17) is 15.7 Å². The monoisotopic (exact) mass is 283 g/mol. The van der Waals surface area contributed by atoms with Gasteiger partial charge in [-0.05, 0) is 42.0 Å². The molecule has 2 rings (SSSR count). The molecule has 6 heteroatoms. The van der Waals surface area contributed by atoms with Crippen LogP contribution in [-0.2, 0) is 11.3 Å². The van der Waals surface area contributed by atoms with Crippen LogP contribution in [0.5, 0.6) is 5.75 Å². The lowest BCUT2D eigenvalue weighted by Gasteiger charge is -2.12. The normalized spacial score (nSPS) is 9.90. The molecular weight excluding hydrogens is 270 g/mol. The zero-order valence-electron chi connectivity index (χ0n) is 11.4. The number of nitrogens with two attached hydrogens (primary N) is 1. The van der Waals surface area contributed by atoms with Gasteiger partial charge in [-0.2, -0.15) is 5.26 Å². The molecule has 21 heavy (non-hydrogen) atoms. The number of nitrogens with zero attached hydrogens (tertiary/aromatic N) is 2. The molecule has 0 saturated carbocycles.